The maximum absolute atomic E-state index is 13.5. The van der Waals surface area contributed by atoms with Crippen molar-refractivity contribution in [2.45, 2.75) is 375 Å². The van der Waals surface area contributed by atoms with Crippen LogP contribution in [0.2, 0.25) is 0 Å². The van der Waals surface area contributed by atoms with Gasteiger partial charge in [-0.05, 0) is 83.5 Å². The van der Waals surface area contributed by atoms with Crippen LogP contribution in [-0.2, 0) is 33.2 Å². The number of ether oxygens (including phenoxy) is 6. The van der Waals surface area contributed by atoms with Crippen LogP contribution >= 0.6 is 0 Å². The number of nitrogens with one attached hydrogen (secondary N) is 1. The Labute approximate surface area is 608 Å². The van der Waals surface area contributed by atoms with E-state index in [0.717, 1.165) is 128 Å². The first-order chi connectivity index (χ1) is 49.3. The van der Waals surface area contributed by atoms with Crippen molar-refractivity contribution in [3.05, 3.63) is 109 Å². The molecule has 3 aliphatic heterocycles. The fourth-order valence-electron chi connectivity index (χ4n) is 12.8. The molecule has 12 N–H and O–H groups in total. The van der Waals surface area contributed by atoms with Gasteiger partial charge in [0.1, 0.15) is 73.2 Å². The summed E-state index contributed by atoms with van der Waals surface area (Å²) in [6.45, 7) is 1.69. The van der Waals surface area contributed by atoms with E-state index >= 15 is 0 Å². The molecule has 101 heavy (non-hydrogen) atoms. The average Bonchev–Trinajstić information content (AvgIpc) is 0.782. The SMILES string of the molecule is CC/C=C\C/C=C\C/C=C\C/C=C\C/C=C\C/C=C\C/C=C\C/C=C\C/C=C\CCCCCCCCCC(=O)NC(COC1OC(CO)C(OC2OC(CO)C(OC3OC(CO)C(O)C(O)C3O)C(O)C2O)C(O)C1O)C(O)CCCCCCCCCCCCCCCCCCCCCCC. The van der Waals surface area contributed by atoms with Crippen molar-refractivity contribution >= 4 is 5.91 Å². The van der Waals surface area contributed by atoms with Crippen LogP contribution in [0.1, 0.15) is 271 Å². The van der Waals surface area contributed by atoms with Crippen LogP contribution in [0, 0.1) is 0 Å². The zero-order chi connectivity index (χ0) is 73.2. The Morgan fingerprint density at radius 2 is 0.683 bits per heavy atom. The quantitative estimate of drug-likeness (QED) is 0.0199. The molecular weight excluding hydrogens is 1290 g/mol. The zero-order valence-corrected chi connectivity index (χ0v) is 62.1. The highest BCUT2D eigenvalue weighted by atomic mass is 16.8. The van der Waals surface area contributed by atoms with Gasteiger partial charge in [0.15, 0.2) is 18.9 Å². The number of carbonyl (C=O) groups is 1. The van der Waals surface area contributed by atoms with E-state index in [1.807, 2.05) is 0 Å². The fraction of sp³-hybridized carbons (Fsp3) is 0.768. The highest BCUT2D eigenvalue weighted by Gasteiger charge is 2.54. The number of carbonyl (C=O) groups excluding carboxylic acids is 1. The molecule has 0 bridgehead atoms. The Kier molecular flexibility index (Phi) is 55.9. The third-order valence-electron chi connectivity index (χ3n) is 19.1. The molecule has 0 spiro atoms. The number of amides is 1. The lowest BCUT2D eigenvalue weighted by Crippen LogP contribution is -2.66. The fourth-order valence-corrected chi connectivity index (χ4v) is 12.8. The van der Waals surface area contributed by atoms with E-state index in [0.29, 0.717) is 12.8 Å². The summed E-state index contributed by atoms with van der Waals surface area (Å²) in [4.78, 5) is 13.5. The van der Waals surface area contributed by atoms with E-state index in [2.05, 4.69) is 129 Å². The molecule has 17 unspecified atom stereocenters. The van der Waals surface area contributed by atoms with Crippen molar-refractivity contribution in [1.82, 2.24) is 5.32 Å². The molecule has 0 aromatic rings. The molecule has 3 aliphatic rings. The molecule has 17 atom stereocenters. The van der Waals surface area contributed by atoms with Crippen molar-refractivity contribution in [2.24, 2.45) is 0 Å². The number of hydrogen-bond acceptors (Lipinski definition) is 18. The molecule has 3 heterocycles. The average molecular weight is 1430 g/mol. The van der Waals surface area contributed by atoms with Gasteiger partial charge in [0, 0.05) is 6.42 Å². The third kappa shape index (κ3) is 41.8. The smallest absolute Gasteiger partial charge is 0.220 e. The molecule has 0 radical (unpaired) electrons. The molecule has 0 aromatic carbocycles. The minimum absolute atomic E-state index is 0.247. The number of unbranched alkanes of at least 4 members (excludes halogenated alkanes) is 27. The van der Waals surface area contributed by atoms with E-state index in [9.17, 15) is 61.0 Å². The van der Waals surface area contributed by atoms with Gasteiger partial charge in [0.2, 0.25) is 5.91 Å². The molecule has 3 fully saturated rings. The van der Waals surface area contributed by atoms with Crippen molar-refractivity contribution in [2.75, 3.05) is 26.4 Å². The summed E-state index contributed by atoms with van der Waals surface area (Å²) in [7, 11) is 0. The maximum atomic E-state index is 13.5. The van der Waals surface area contributed by atoms with Crippen LogP contribution in [0.3, 0.4) is 0 Å². The molecule has 0 aliphatic carbocycles. The van der Waals surface area contributed by atoms with Gasteiger partial charge in [-0.15, -0.1) is 0 Å². The Hall–Kier alpha value is -3.55. The number of rotatable bonds is 61. The second kappa shape index (κ2) is 61.6. The lowest BCUT2D eigenvalue weighted by atomic mass is 9.96. The molecule has 19 heteroatoms. The highest BCUT2D eigenvalue weighted by molar-refractivity contribution is 5.76. The second-order valence-electron chi connectivity index (χ2n) is 27.8. The summed E-state index contributed by atoms with van der Waals surface area (Å²) in [6.07, 6.45) is 57.3. The van der Waals surface area contributed by atoms with E-state index < -0.39 is 124 Å². The summed E-state index contributed by atoms with van der Waals surface area (Å²) in [5.41, 5.74) is 0. The van der Waals surface area contributed by atoms with Gasteiger partial charge in [-0.3, -0.25) is 4.79 Å². The van der Waals surface area contributed by atoms with Crippen LogP contribution in [0.5, 0.6) is 0 Å². The third-order valence-corrected chi connectivity index (χ3v) is 19.1. The van der Waals surface area contributed by atoms with Crippen LogP contribution in [-0.4, -0.2) is 193 Å². The van der Waals surface area contributed by atoms with Crippen molar-refractivity contribution in [1.29, 1.82) is 0 Å². The monoisotopic (exact) mass is 1430 g/mol. The molecule has 19 nitrogen and oxygen atoms in total. The van der Waals surface area contributed by atoms with Crippen LogP contribution in [0.4, 0.5) is 0 Å². The lowest BCUT2D eigenvalue weighted by Gasteiger charge is -2.48. The van der Waals surface area contributed by atoms with Crippen LogP contribution in [0.15, 0.2) is 109 Å². The number of allylic oxidation sites excluding steroid dienone is 18. The van der Waals surface area contributed by atoms with Crippen molar-refractivity contribution < 1.29 is 89.4 Å². The Bertz CT molecular complexity index is 2250. The normalized spacial score (nSPS) is 26.9. The van der Waals surface area contributed by atoms with Gasteiger partial charge < -0.3 is 89.9 Å². The lowest BCUT2D eigenvalue weighted by molar-refractivity contribution is -0.379. The van der Waals surface area contributed by atoms with Gasteiger partial charge in [0.25, 0.3) is 0 Å². The minimum Gasteiger partial charge on any atom is -0.394 e. The Morgan fingerprint density at radius 3 is 1.07 bits per heavy atom. The van der Waals surface area contributed by atoms with Gasteiger partial charge >= 0.3 is 0 Å². The minimum atomic E-state index is -1.98. The topological polar surface area (TPSA) is 307 Å². The summed E-state index contributed by atoms with van der Waals surface area (Å²) < 4.78 is 34.5. The van der Waals surface area contributed by atoms with Gasteiger partial charge in [-0.2, -0.15) is 0 Å². The maximum Gasteiger partial charge on any atom is 0.220 e. The van der Waals surface area contributed by atoms with Gasteiger partial charge in [0.05, 0.1) is 38.6 Å². The summed E-state index contributed by atoms with van der Waals surface area (Å²) in [5, 5.41) is 121. The van der Waals surface area contributed by atoms with E-state index in [4.69, 9.17) is 28.4 Å². The highest BCUT2D eigenvalue weighted by Crippen LogP contribution is 2.33. The van der Waals surface area contributed by atoms with E-state index in [1.54, 1.807) is 0 Å². The summed E-state index contributed by atoms with van der Waals surface area (Å²) in [5.74, 6) is -0.256. The van der Waals surface area contributed by atoms with E-state index in [-0.39, 0.29) is 18.9 Å². The van der Waals surface area contributed by atoms with Crippen LogP contribution < -0.4 is 5.32 Å². The molecular formula is C82H141NO18. The Balaban J connectivity index is 1.38. The zero-order valence-electron chi connectivity index (χ0n) is 62.1. The first-order valence-electron chi connectivity index (χ1n) is 39.6. The van der Waals surface area contributed by atoms with Gasteiger partial charge in [-0.1, -0.05) is 290 Å². The number of hydrogen-bond donors (Lipinski definition) is 12. The predicted molar refractivity (Wildman–Crippen MR) is 401 cm³/mol. The molecule has 1 amide bonds. The molecule has 582 valence electrons. The second-order valence-corrected chi connectivity index (χ2v) is 27.8. The summed E-state index contributed by atoms with van der Waals surface area (Å²) in [6, 6.07) is -0.903. The summed E-state index contributed by atoms with van der Waals surface area (Å²) >= 11 is 0. The first kappa shape index (κ1) is 91.7. The first-order valence-corrected chi connectivity index (χ1v) is 39.6. The molecule has 3 rings (SSSR count). The number of aliphatic hydroxyl groups is 11. The number of aliphatic hydroxyl groups excluding tert-OH is 11. The largest absolute Gasteiger partial charge is 0.394 e. The van der Waals surface area contributed by atoms with Gasteiger partial charge in [-0.25, -0.2) is 0 Å². The van der Waals surface area contributed by atoms with Crippen LogP contribution in [0.25, 0.3) is 0 Å². The standard InChI is InChI=1S/C82H141NO18/c1-3-5-7-9-11-13-15-17-19-21-23-25-26-27-28-29-30-31-32-33-34-35-36-37-38-40-42-44-46-48-50-52-54-56-58-60-70(88)83-65(66(87)59-57-55-53-51-49-47-45-43-41-39-24-22-20-18-16-14-12-10-8-6-4-2)64-96-80-76(94)73(91)78(68(62-85)98-80)101-82-77(95)74(92)79(69(63-86)99-82)100-81-75(93)72(90)71(89)67(61-84)97-81/h5,7,11,13,17,19,23,25,27-28,30-31,33-34,36-37,40,42,65-69,71-82,84-87,89-95H,3-4,6,8-10,12,14-16,18,20-22,24,26,29,32,35,38-39,41,43-64H2,1-2H3,(H,83,88)/b7-5-,13-11-,19-17-,25-23-,28-27-,31-30-,34-33-,37-36-,42-40-. The van der Waals surface area contributed by atoms with E-state index in [1.165, 1.54) is 109 Å². The molecule has 3 saturated heterocycles. The Morgan fingerprint density at radius 1 is 0.366 bits per heavy atom. The molecule has 0 saturated carbocycles. The van der Waals surface area contributed by atoms with Crippen molar-refractivity contribution in [3.63, 3.8) is 0 Å². The predicted octanol–water partition coefficient (Wildman–Crippen LogP) is 12.9. The molecule has 0 aromatic heterocycles. The van der Waals surface area contributed by atoms with Crippen molar-refractivity contribution in [3.8, 4) is 0 Å².